The molecule has 1 nitrogen and oxygen atoms in total. The molecule has 6 heteroatoms. The van der Waals surface area contributed by atoms with E-state index in [2.05, 4.69) is 5.32 Å². The Hall–Kier alpha value is -0.320. The lowest BCUT2D eigenvalue weighted by molar-refractivity contribution is 0.547. The van der Waals surface area contributed by atoms with Gasteiger partial charge in [0, 0.05) is 16.1 Å². The predicted molar refractivity (Wildman–Crippen MR) is 85.9 cm³/mol. The first-order valence-electron chi connectivity index (χ1n) is 6.16. The second kappa shape index (κ2) is 7.10. The van der Waals surface area contributed by atoms with E-state index in [0.717, 1.165) is 18.5 Å². The van der Waals surface area contributed by atoms with Crippen molar-refractivity contribution in [3.8, 4) is 0 Å². The van der Waals surface area contributed by atoms with Gasteiger partial charge in [0.25, 0.3) is 0 Å². The Morgan fingerprint density at radius 3 is 2.50 bits per heavy atom. The van der Waals surface area contributed by atoms with Gasteiger partial charge in [-0.25, -0.2) is 4.39 Å². The van der Waals surface area contributed by atoms with Gasteiger partial charge in [-0.1, -0.05) is 47.8 Å². The molecule has 0 amide bonds. The normalized spacial score (nSPS) is 12.7. The van der Waals surface area contributed by atoms with Crippen LogP contribution in [0.3, 0.4) is 0 Å². The van der Waals surface area contributed by atoms with Crippen molar-refractivity contribution in [1.82, 2.24) is 5.32 Å². The monoisotopic (exact) mass is 351 g/mol. The lowest BCUT2D eigenvalue weighted by Gasteiger charge is -2.19. The van der Waals surface area contributed by atoms with Crippen LogP contribution < -0.4 is 5.32 Å². The second-order valence-electron chi connectivity index (χ2n) is 4.33. The van der Waals surface area contributed by atoms with Crippen LogP contribution in [0.2, 0.25) is 13.7 Å². The van der Waals surface area contributed by atoms with Gasteiger partial charge < -0.3 is 5.32 Å². The van der Waals surface area contributed by atoms with Gasteiger partial charge in [0.1, 0.15) is 5.82 Å². The molecule has 20 heavy (non-hydrogen) atoms. The minimum atomic E-state index is -0.357. The zero-order chi connectivity index (χ0) is 14.7. The first-order valence-corrected chi connectivity index (χ1v) is 8.11. The summed E-state index contributed by atoms with van der Waals surface area (Å²) in [6, 6.07) is 6.09. The average Bonchev–Trinajstić information content (AvgIpc) is 2.71. The molecular weight excluding hydrogens is 340 g/mol. The van der Waals surface area contributed by atoms with E-state index >= 15 is 0 Å². The van der Waals surface area contributed by atoms with Crippen LogP contribution in [0.5, 0.6) is 0 Å². The Balaban J connectivity index is 2.44. The Labute approximate surface area is 136 Å². The fraction of sp³-hybridized carbons (Fsp3) is 0.286. The molecule has 0 radical (unpaired) electrons. The highest BCUT2D eigenvalue weighted by molar-refractivity contribution is 7.20. The number of hydrogen-bond acceptors (Lipinski definition) is 2. The van der Waals surface area contributed by atoms with Gasteiger partial charge >= 0.3 is 0 Å². The van der Waals surface area contributed by atoms with Crippen molar-refractivity contribution in [2.45, 2.75) is 19.4 Å². The smallest absolute Gasteiger partial charge is 0.129 e. The summed E-state index contributed by atoms with van der Waals surface area (Å²) in [5.74, 6) is -0.357. The maximum absolute atomic E-state index is 14.2. The van der Waals surface area contributed by atoms with E-state index in [9.17, 15) is 4.39 Å². The number of rotatable bonds is 5. The van der Waals surface area contributed by atoms with E-state index in [4.69, 9.17) is 34.8 Å². The zero-order valence-electron chi connectivity index (χ0n) is 10.7. The van der Waals surface area contributed by atoms with E-state index in [0.29, 0.717) is 19.3 Å². The predicted octanol–water partition coefficient (Wildman–Crippen LogP) is 5.94. The summed E-state index contributed by atoms with van der Waals surface area (Å²) < 4.78 is 15.3. The van der Waals surface area contributed by atoms with Gasteiger partial charge in [0.15, 0.2) is 0 Å². The molecule has 108 valence electrons. The highest BCUT2D eigenvalue weighted by Crippen LogP contribution is 2.38. The summed E-state index contributed by atoms with van der Waals surface area (Å²) in [4.78, 5) is 0. The lowest BCUT2D eigenvalue weighted by Crippen LogP contribution is -2.24. The number of hydrogen-bond donors (Lipinski definition) is 1. The summed E-state index contributed by atoms with van der Waals surface area (Å²) in [7, 11) is 0. The van der Waals surface area contributed by atoms with E-state index in [1.807, 2.05) is 6.92 Å². The fourth-order valence-electron chi connectivity index (χ4n) is 1.96. The minimum absolute atomic E-state index is 0.330. The standard InChI is InChI=1S/C14H13Cl3FNS/c1-2-5-19-13(10-7-12(16)20-14(10)17)9-4-3-8(15)6-11(9)18/h3-4,6-7,13,19H,2,5H2,1H3. The van der Waals surface area contributed by atoms with Crippen molar-refractivity contribution in [1.29, 1.82) is 0 Å². The molecule has 1 atom stereocenters. The van der Waals surface area contributed by atoms with Crippen molar-refractivity contribution < 1.29 is 4.39 Å². The molecule has 0 bridgehead atoms. The van der Waals surface area contributed by atoms with Crippen LogP contribution in [-0.4, -0.2) is 6.54 Å². The molecule has 0 aliphatic heterocycles. The molecule has 0 saturated heterocycles. The summed E-state index contributed by atoms with van der Waals surface area (Å²) in [6.07, 6.45) is 0.932. The molecule has 2 aromatic rings. The SMILES string of the molecule is CCCNC(c1ccc(Cl)cc1F)c1cc(Cl)sc1Cl. The Morgan fingerprint density at radius 2 is 1.95 bits per heavy atom. The first kappa shape index (κ1) is 16.1. The third kappa shape index (κ3) is 3.66. The van der Waals surface area contributed by atoms with Crippen molar-refractivity contribution in [3.05, 3.63) is 54.9 Å². The van der Waals surface area contributed by atoms with E-state index in [-0.39, 0.29) is 11.9 Å². The quantitative estimate of drug-likeness (QED) is 0.702. The highest BCUT2D eigenvalue weighted by Gasteiger charge is 2.22. The van der Waals surface area contributed by atoms with Crippen LogP contribution in [0.4, 0.5) is 4.39 Å². The summed E-state index contributed by atoms with van der Waals surface area (Å²) in [6.45, 7) is 2.79. The number of benzene rings is 1. The van der Waals surface area contributed by atoms with Crippen LogP contribution in [-0.2, 0) is 0 Å². The maximum atomic E-state index is 14.2. The summed E-state index contributed by atoms with van der Waals surface area (Å²) in [5, 5.41) is 3.67. The zero-order valence-corrected chi connectivity index (χ0v) is 13.8. The number of halogens is 4. The van der Waals surface area contributed by atoms with E-state index in [1.165, 1.54) is 17.4 Å². The van der Waals surface area contributed by atoms with Crippen LogP contribution in [0.1, 0.15) is 30.5 Å². The van der Waals surface area contributed by atoms with Crippen molar-refractivity contribution in [3.63, 3.8) is 0 Å². The molecule has 0 fully saturated rings. The van der Waals surface area contributed by atoms with Gasteiger partial charge in [-0.2, -0.15) is 0 Å². The van der Waals surface area contributed by atoms with Gasteiger partial charge in [-0.15, -0.1) is 11.3 Å². The van der Waals surface area contributed by atoms with Crippen molar-refractivity contribution >= 4 is 46.1 Å². The van der Waals surface area contributed by atoms with Crippen LogP contribution in [0, 0.1) is 5.82 Å². The third-order valence-electron chi connectivity index (χ3n) is 2.87. The van der Waals surface area contributed by atoms with Crippen molar-refractivity contribution in [2.24, 2.45) is 0 Å². The number of thiophene rings is 1. The average molecular weight is 353 g/mol. The summed E-state index contributed by atoms with van der Waals surface area (Å²) in [5.41, 5.74) is 1.30. The lowest BCUT2D eigenvalue weighted by atomic mass is 10.0. The number of nitrogens with one attached hydrogen (secondary N) is 1. The largest absolute Gasteiger partial charge is 0.306 e. The molecule has 0 saturated carbocycles. The molecular formula is C14H13Cl3FNS. The van der Waals surface area contributed by atoms with E-state index in [1.54, 1.807) is 18.2 Å². The van der Waals surface area contributed by atoms with E-state index < -0.39 is 0 Å². The van der Waals surface area contributed by atoms with Gasteiger partial charge in [-0.05, 0) is 31.2 Å². The van der Waals surface area contributed by atoms with Crippen LogP contribution >= 0.6 is 46.1 Å². The maximum Gasteiger partial charge on any atom is 0.129 e. The summed E-state index contributed by atoms with van der Waals surface area (Å²) >= 11 is 19.3. The third-order valence-corrected chi connectivity index (χ3v) is 4.62. The molecule has 1 heterocycles. The molecule has 1 aromatic carbocycles. The molecule has 0 spiro atoms. The van der Waals surface area contributed by atoms with Crippen molar-refractivity contribution in [2.75, 3.05) is 6.54 Å². The molecule has 2 rings (SSSR count). The first-order chi connectivity index (χ1) is 9.52. The molecule has 0 aliphatic carbocycles. The fourth-order valence-corrected chi connectivity index (χ4v) is 3.65. The Morgan fingerprint density at radius 1 is 1.20 bits per heavy atom. The molecule has 0 aliphatic rings. The Kier molecular flexibility index (Phi) is 5.70. The van der Waals surface area contributed by atoms with Gasteiger partial charge in [0.05, 0.1) is 14.7 Å². The second-order valence-corrected chi connectivity index (χ2v) is 7.05. The molecule has 1 aromatic heterocycles. The van der Waals surface area contributed by atoms with Crippen LogP contribution in [0.15, 0.2) is 24.3 Å². The molecule has 1 unspecified atom stereocenters. The topological polar surface area (TPSA) is 12.0 Å². The molecule has 1 N–H and O–H groups in total. The van der Waals surface area contributed by atoms with Crippen LogP contribution in [0.25, 0.3) is 0 Å². The van der Waals surface area contributed by atoms with Gasteiger partial charge in [0.2, 0.25) is 0 Å². The van der Waals surface area contributed by atoms with Gasteiger partial charge in [-0.3, -0.25) is 0 Å². The minimum Gasteiger partial charge on any atom is -0.306 e. The highest BCUT2D eigenvalue weighted by atomic mass is 35.5. The Bertz CT molecular complexity index is 600.